The van der Waals surface area contributed by atoms with Crippen molar-refractivity contribution in [2.24, 2.45) is 5.92 Å². The molecule has 0 amide bonds. The van der Waals surface area contributed by atoms with Crippen molar-refractivity contribution in [3.63, 3.8) is 0 Å². The lowest BCUT2D eigenvalue weighted by Gasteiger charge is -2.28. The maximum Gasteiger partial charge on any atom is 0.0410 e. The zero-order valence-corrected chi connectivity index (χ0v) is 12.3. The molecule has 104 valence electrons. The van der Waals surface area contributed by atoms with Gasteiger partial charge in [-0.25, -0.2) is 0 Å². The molecule has 1 aromatic carbocycles. The first-order valence-corrected chi connectivity index (χ1v) is 7.88. The van der Waals surface area contributed by atoms with E-state index in [1.165, 1.54) is 49.9 Å². The van der Waals surface area contributed by atoms with Gasteiger partial charge in [0, 0.05) is 22.8 Å². The molecule has 19 heavy (non-hydrogen) atoms. The van der Waals surface area contributed by atoms with Gasteiger partial charge >= 0.3 is 0 Å². The summed E-state index contributed by atoms with van der Waals surface area (Å²) in [6, 6.07) is 7.49. The third-order valence-corrected chi connectivity index (χ3v) is 4.95. The molecule has 1 aliphatic heterocycles. The summed E-state index contributed by atoms with van der Waals surface area (Å²) in [5, 5.41) is 8.26. The predicted molar refractivity (Wildman–Crippen MR) is 82.0 cm³/mol. The summed E-state index contributed by atoms with van der Waals surface area (Å²) in [5.74, 6) is 0.789. The molecule has 2 fully saturated rings. The molecule has 1 saturated heterocycles. The van der Waals surface area contributed by atoms with Crippen molar-refractivity contribution < 1.29 is 0 Å². The molecule has 0 bridgehead atoms. The predicted octanol–water partition coefficient (Wildman–Crippen LogP) is 3.98. The normalized spacial score (nSPS) is 30.7. The highest BCUT2D eigenvalue weighted by Crippen LogP contribution is 2.34. The van der Waals surface area contributed by atoms with Crippen LogP contribution in [0.2, 0.25) is 5.02 Å². The first-order chi connectivity index (χ1) is 9.24. The average Bonchev–Trinajstić information content (AvgIpc) is 3.03. The summed E-state index contributed by atoms with van der Waals surface area (Å²) in [7, 11) is 0. The summed E-state index contributed by atoms with van der Waals surface area (Å²) >= 11 is 6.03. The summed E-state index contributed by atoms with van der Waals surface area (Å²) < 4.78 is 0. The van der Waals surface area contributed by atoms with Crippen LogP contribution in [0.5, 0.6) is 0 Å². The number of hydrogen-bond acceptors (Lipinski definition) is 2. The van der Waals surface area contributed by atoms with E-state index in [9.17, 15) is 0 Å². The second-order valence-corrected chi connectivity index (χ2v) is 6.44. The summed E-state index contributed by atoms with van der Waals surface area (Å²) in [5.41, 5.74) is 2.50. The van der Waals surface area contributed by atoms with Gasteiger partial charge in [-0.15, -0.1) is 0 Å². The molecule has 2 nitrogen and oxygen atoms in total. The Kier molecular flexibility index (Phi) is 3.99. The van der Waals surface area contributed by atoms with Crippen LogP contribution < -0.4 is 10.6 Å². The molecule has 1 heterocycles. The number of nitrogens with one attached hydrogen (secondary N) is 2. The molecule has 2 aliphatic rings. The first kappa shape index (κ1) is 13.3. The largest absolute Gasteiger partial charge is 0.382 e. The van der Waals surface area contributed by atoms with Crippen molar-refractivity contribution in [3.8, 4) is 0 Å². The van der Waals surface area contributed by atoms with Crippen LogP contribution in [-0.2, 0) is 0 Å². The summed E-state index contributed by atoms with van der Waals surface area (Å²) in [4.78, 5) is 0. The highest BCUT2D eigenvalue weighted by molar-refractivity contribution is 6.30. The van der Waals surface area contributed by atoms with Crippen LogP contribution in [0, 0.1) is 12.8 Å². The minimum absolute atomic E-state index is 0.621. The lowest BCUT2D eigenvalue weighted by molar-refractivity contribution is 0.376. The maximum atomic E-state index is 6.03. The van der Waals surface area contributed by atoms with Crippen molar-refractivity contribution in [1.29, 1.82) is 0 Å². The number of rotatable bonds is 3. The van der Waals surface area contributed by atoms with E-state index in [4.69, 9.17) is 11.6 Å². The van der Waals surface area contributed by atoms with E-state index >= 15 is 0 Å². The monoisotopic (exact) mass is 278 g/mol. The van der Waals surface area contributed by atoms with Crippen LogP contribution in [-0.4, -0.2) is 18.6 Å². The molecule has 3 atom stereocenters. The molecule has 3 heteroatoms. The zero-order chi connectivity index (χ0) is 13.2. The van der Waals surface area contributed by atoms with Gasteiger partial charge in [0.15, 0.2) is 0 Å². The Hall–Kier alpha value is -0.730. The Bertz CT molecular complexity index is 440. The number of halogens is 1. The van der Waals surface area contributed by atoms with Crippen molar-refractivity contribution in [3.05, 3.63) is 28.8 Å². The van der Waals surface area contributed by atoms with Gasteiger partial charge in [0.25, 0.3) is 0 Å². The third kappa shape index (κ3) is 2.90. The van der Waals surface area contributed by atoms with Crippen molar-refractivity contribution >= 4 is 17.3 Å². The van der Waals surface area contributed by atoms with Crippen LogP contribution in [0.1, 0.15) is 37.7 Å². The van der Waals surface area contributed by atoms with Gasteiger partial charge in [0.1, 0.15) is 0 Å². The Morgan fingerprint density at radius 3 is 2.84 bits per heavy atom. The van der Waals surface area contributed by atoms with Gasteiger partial charge in [-0.05, 0) is 68.8 Å². The number of benzene rings is 1. The lowest BCUT2D eigenvalue weighted by Crippen LogP contribution is -2.38. The third-order valence-electron chi connectivity index (χ3n) is 4.71. The fourth-order valence-electron chi connectivity index (χ4n) is 3.72. The van der Waals surface area contributed by atoms with Crippen LogP contribution >= 0.6 is 11.6 Å². The highest BCUT2D eigenvalue weighted by Gasteiger charge is 2.34. The molecule has 0 spiro atoms. The first-order valence-electron chi connectivity index (χ1n) is 7.50. The topological polar surface area (TPSA) is 24.1 Å². The molecule has 2 N–H and O–H groups in total. The van der Waals surface area contributed by atoms with Crippen LogP contribution in [0.4, 0.5) is 5.69 Å². The standard InChI is InChI=1S/C16H23ClN2/c1-11-10-12(17)7-8-14(11)19-16-5-2-4-13(16)15-6-3-9-18-15/h7-8,10,13,15-16,18-19H,2-6,9H2,1H3. The molecular formula is C16H23ClN2. The lowest BCUT2D eigenvalue weighted by atomic mass is 9.93. The number of hydrogen-bond donors (Lipinski definition) is 2. The van der Waals surface area contributed by atoms with Crippen molar-refractivity contribution in [2.45, 2.75) is 51.1 Å². The van der Waals surface area contributed by atoms with Crippen molar-refractivity contribution in [2.75, 3.05) is 11.9 Å². The smallest absolute Gasteiger partial charge is 0.0410 e. The van der Waals surface area contributed by atoms with Gasteiger partial charge < -0.3 is 10.6 Å². The minimum atomic E-state index is 0.621. The Morgan fingerprint density at radius 1 is 1.21 bits per heavy atom. The van der Waals surface area contributed by atoms with E-state index in [1.54, 1.807) is 0 Å². The van der Waals surface area contributed by atoms with E-state index in [0.717, 1.165) is 17.0 Å². The fraction of sp³-hybridized carbons (Fsp3) is 0.625. The average molecular weight is 279 g/mol. The second-order valence-electron chi connectivity index (χ2n) is 6.01. The summed E-state index contributed by atoms with van der Waals surface area (Å²) in [6.07, 6.45) is 6.70. The molecule has 3 rings (SSSR count). The number of anilines is 1. The van der Waals surface area contributed by atoms with Gasteiger partial charge in [0.05, 0.1) is 0 Å². The van der Waals surface area contributed by atoms with E-state index in [0.29, 0.717) is 6.04 Å². The Morgan fingerprint density at radius 2 is 2.11 bits per heavy atom. The molecule has 1 aromatic rings. The zero-order valence-electron chi connectivity index (χ0n) is 11.6. The molecular weight excluding hydrogens is 256 g/mol. The molecule has 1 aliphatic carbocycles. The van der Waals surface area contributed by atoms with Crippen LogP contribution in [0.3, 0.4) is 0 Å². The summed E-state index contributed by atoms with van der Waals surface area (Å²) in [6.45, 7) is 3.33. The quantitative estimate of drug-likeness (QED) is 0.874. The van der Waals surface area contributed by atoms with Gasteiger partial charge in [-0.2, -0.15) is 0 Å². The van der Waals surface area contributed by atoms with Gasteiger partial charge in [-0.3, -0.25) is 0 Å². The highest BCUT2D eigenvalue weighted by atomic mass is 35.5. The SMILES string of the molecule is Cc1cc(Cl)ccc1NC1CCCC1C1CCCN1. The second kappa shape index (κ2) is 5.72. The Balaban J connectivity index is 1.70. The van der Waals surface area contributed by atoms with Gasteiger partial charge in [-0.1, -0.05) is 18.0 Å². The molecule has 0 aromatic heterocycles. The van der Waals surface area contributed by atoms with E-state index < -0.39 is 0 Å². The van der Waals surface area contributed by atoms with E-state index in [1.807, 2.05) is 12.1 Å². The fourth-order valence-corrected chi connectivity index (χ4v) is 3.94. The van der Waals surface area contributed by atoms with Gasteiger partial charge in [0.2, 0.25) is 0 Å². The van der Waals surface area contributed by atoms with Crippen LogP contribution in [0.15, 0.2) is 18.2 Å². The van der Waals surface area contributed by atoms with E-state index in [-0.39, 0.29) is 0 Å². The van der Waals surface area contributed by atoms with Crippen molar-refractivity contribution in [1.82, 2.24) is 5.32 Å². The maximum absolute atomic E-state index is 6.03. The van der Waals surface area contributed by atoms with Crippen LogP contribution in [0.25, 0.3) is 0 Å². The number of aryl methyl sites for hydroxylation is 1. The Labute approximate surface area is 120 Å². The van der Waals surface area contributed by atoms with E-state index in [2.05, 4.69) is 23.6 Å². The molecule has 0 radical (unpaired) electrons. The minimum Gasteiger partial charge on any atom is -0.382 e. The molecule has 3 unspecified atom stereocenters. The molecule has 1 saturated carbocycles.